The van der Waals surface area contributed by atoms with Gasteiger partial charge in [0, 0.05) is 28.2 Å². The Bertz CT molecular complexity index is 3030. The lowest BCUT2D eigenvalue weighted by Gasteiger charge is -2.26. The van der Waals surface area contributed by atoms with Crippen LogP contribution in [0.1, 0.15) is 0 Å². The Balaban J connectivity index is 0.978. The highest BCUT2D eigenvalue weighted by atomic mass is 16.4. The van der Waals surface area contributed by atoms with E-state index in [1.54, 1.807) is 0 Å². The first-order chi connectivity index (χ1) is 27.2. The number of anilines is 3. The molecule has 0 radical (unpaired) electrons. The summed E-state index contributed by atoms with van der Waals surface area (Å²) in [6, 6.07) is 65.7. The van der Waals surface area contributed by atoms with Crippen LogP contribution in [0.25, 0.3) is 88.6 Å². The van der Waals surface area contributed by atoms with Crippen LogP contribution in [0, 0.1) is 0 Å². The fourth-order valence-electron chi connectivity index (χ4n) is 7.68. The predicted octanol–water partition coefficient (Wildman–Crippen LogP) is 13.9. The summed E-state index contributed by atoms with van der Waals surface area (Å²) in [5.41, 5.74) is 10.5. The number of hydrogen-bond donors (Lipinski definition) is 0. The largest absolute Gasteiger partial charge is 0.436 e. The molecule has 0 amide bonds. The van der Waals surface area contributed by atoms with Gasteiger partial charge < -0.3 is 13.7 Å². The van der Waals surface area contributed by atoms with Crippen molar-refractivity contribution in [3.63, 3.8) is 0 Å². The molecule has 0 saturated carbocycles. The van der Waals surface area contributed by atoms with E-state index in [1.807, 2.05) is 48.5 Å². The van der Waals surface area contributed by atoms with E-state index < -0.39 is 0 Å². The van der Waals surface area contributed by atoms with E-state index in [1.165, 1.54) is 38.1 Å². The van der Waals surface area contributed by atoms with Crippen LogP contribution >= 0.6 is 0 Å². The molecule has 0 aliphatic rings. The first-order valence-corrected chi connectivity index (χ1v) is 18.4. The number of benzene rings is 9. The summed E-state index contributed by atoms with van der Waals surface area (Å²) in [5, 5.41) is 7.38. The van der Waals surface area contributed by atoms with Gasteiger partial charge in [0.05, 0.1) is 0 Å². The molecule has 258 valence electrons. The molecule has 55 heavy (non-hydrogen) atoms. The van der Waals surface area contributed by atoms with Crippen LogP contribution in [0.4, 0.5) is 17.1 Å². The average Bonchev–Trinajstić information content (AvgIpc) is 3.89. The molecule has 0 fully saturated rings. The van der Waals surface area contributed by atoms with Crippen LogP contribution in [0.15, 0.2) is 197 Å². The van der Waals surface area contributed by atoms with Crippen molar-refractivity contribution in [3.8, 4) is 34.0 Å². The monoisotopic (exact) mass is 705 g/mol. The Morgan fingerprint density at radius 2 is 0.782 bits per heavy atom. The fourth-order valence-corrected chi connectivity index (χ4v) is 7.68. The number of aromatic nitrogens is 2. The van der Waals surface area contributed by atoms with Crippen LogP contribution < -0.4 is 4.90 Å². The van der Waals surface area contributed by atoms with Crippen molar-refractivity contribution >= 4 is 71.6 Å². The molecule has 11 aromatic rings. The number of nitrogens with zero attached hydrogens (tertiary/aromatic N) is 3. The molecule has 0 N–H and O–H groups in total. The molecule has 2 heterocycles. The number of hydrogen-bond acceptors (Lipinski definition) is 5. The van der Waals surface area contributed by atoms with Crippen LogP contribution in [0.3, 0.4) is 0 Å². The summed E-state index contributed by atoms with van der Waals surface area (Å²) in [6.07, 6.45) is 0. The second-order valence-corrected chi connectivity index (χ2v) is 13.9. The van der Waals surface area contributed by atoms with Gasteiger partial charge in [0.15, 0.2) is 11.2 Å². The zero-order valence-electron chi connectivity index (χ0n) is 29.6. The predicted molar refractivity (Wildman–Crippen MR) is 225 cm³/mol. The number of para-hydroxylation sites is 4. The highest BCUT2D eigenvalue weighted by Gasteiger charge is 2.17. The molecule has 0 aliphatic carbocycles. The van der Waals surface area contributed by atoms with Crippen molar-refractivity contribution in [2.24, 2.45) is 0 Å². The van der Waals surface area contributed by atoms with Gasteiger partial charge in [-0.1, -0.05) is 91.0 Å². The number of fused-ring (bicyclic) bond motifs is 6. The molecule has 0 unspecified atom stereocenters. The van der Waals surface area contributed by atoms with E-state index in [0.29, 0.717) is 11.8 Å². The van der Waals surface area contributed by atoms with Gasteiger partial charge in [0.2, 0.25) is 11.8 Å². The summed E-state index contributed by atoms with van der Waals surface area (Å²) >= 11 is 0. The van der Waals surface area contributed by atoms with Gasteiger partial charge in [0.25, 0.3) is 0 Å². The molecule has 0 aliphatic heterocycles. The first-order valence-electron chi connectivity index (χ1n) is 18.4. The maximum atomic E-state index is 6.09. The fraction of sp³-hybridized carbons (Fsp3) is 0. The van der Waals surface area contributed by atoms with Crippen LogP contribution in [0.2, 0.25) is 0 Å². The summed E-state index contributed by atoms with van der Waals surface area (Å²) in [7, 11) is 0. The third kappa shape index (κ3) is 5.49. The van der Waals surface area contributed by atoms with Gasteiger partial charge in [-0.2, -0.15) is 0 Å². The van der Waals surface area contributed by atoms with Crippen LogP contribution in [-0.4, -0.2) is 9.97 Å². The van der Waals surface area contributed by atoms with Crippen molar-refractivity contribution in [3.05, 3.63) is 188 Å². The van der Waals surface area contributed by atoms with Crippen LogP contribution in [-0.2, 0) is 0 Å². The molecule has 0 spiro atoms. The lowest BCUT2D eigenvalue weighted by molar-refractivity contribution is 0.619. The van der Waals surface area contributed by atoms with Crippen molar-refractivity contribution in [1.29, 1.82) is 0 Å². The molecule has 11 rings (SSSR count). The van der Waals surface area contributed by atoms with E-state index in [-0.39, 0.29) is 0 Å². The van der Waals surface area contributed by atoms with E-state index in [4.69, 9.17) is 18.8 Å². The smallest absolute Gasteiger partial charge is 0.227 e. The summed E-state index contributed by atoms with van der Waals surface area (Å²) in [6.45, 7) is 0. The minimum atomic E-state index is 0.600. The van der Waals surface area contributed by atoms with Crippen molar-refractivity contribution in [2.45, 2.75) is 0 Å². The zero-order valence-corrected chi connectivity index (χ0v) is 29.6. The average molecular weight is 706 g/mol. The molecule has 9 aromatic carbocycles. The molecule has 5 nitrogen and oxygen atoms in total. The molecule has 0 bridgehead atoms. The first kappa shape index (κ1) is 31.1. The Hall–Kier alpha value is -7.50. The molecule has 5 heteroatoms. The molecular formula is C50H31N3O2. The summed E-state index contributed by atoms with van der Waals surface area (Å²) in [4.78, 5) is 11.7. The standard InChI is InChI=1S/C50H31N3O2/c1-2-8-43-32(7-1)13-14-33-15-16-39(31-44(33)43)36-17-18-38-30-42(28-23-37(38)29-36)53(40-24-19-34(20-25-40)49-51-45-9-3-5-11-47(45)54-49)41-26-21-35(22-27-41)50-52-46-10-4-6-12-48(46)55-50/h1-31H. The molecule has 0 atom stereocenters. The van der Waals surface area contributed by atoms with Crippen molar-refractivity contribution in [2.75, 3.05) is 4.90 Å². The second-order valence-electron chi connectivity index (χ2n) is 13.9. The van der Waals surface area contributed by atoms with Crippen molar-refractivity contribution < 1.29 is 8.83 Å². The minimum Gasteiger partial charge on any atom is -0.436 e. The van der Waals surface area contributed by atoms with E-state index >= 15 is 0 Å². The van der Waals surface area contributed by atoms with Gasteiger partial charge in [0.1, 0.15) is 11.0 Å². The third-order valence-electron chi connectivity index (χ3n) is 10.5. The van der Waals surface area contributed by atoms with Crippen LogP contribution in [0.5, 0.6) is 0 Å². The van der Waals surface area contributed by atoms with Gasteiger partial charge >= 0.3 is 0 Å². The highest BCUT2D eigenvalue weighted by molar-refractivity contribution is 6.09. The second kappa shape index (κ2) is 12.6. The third-order valence-corrected chi connectivity index (χ3v) is 10.5. The maximum absolute atomic E-state index is 6.09. The quantitative estimate of drug-likeness (QED) is 0.161. The van der Waals surface area contributed by atoms with E-state index in [2.05, 4.69) is 144 Å². The molecule has 2 aromatic heterocycles. The number of oxazole rings is 2. The Morgan fingerprint density at radius 3 is 1.42 bits per heavy atom. The van der Waals surface area contributed by atoms with Gasteiger partial charge in [-0.05, 0) is 141 Å². The minimum absolute atomic E-state index is 0.600. The van der Waals surface area contributed by atoms with Crippen molar-refractivity contribution in [1.82, 2.24) is 9.97 Å². The SMILES string of the molecule is c1ccc2c(c1)ccc1ccc(-c3ccc4cc(N(c5ccc(-c6nc7ccccc7o6)cc5)c5ccc(-c6nc7ccccc7o6)cc5)ccc4c3)cc12. The number of rotatable bonds is 6. The highest BCUT2D eigenvalue weighted by Crippen LogP contribution is 2.39. The Morgan fingerprint density at radius 1 is 0.327 bits per heavy atom. The lowest BCUT2D eigenvalue weighted by Crippen LogP contribution is -2.09. The lowest BCUT2D eigenvalue weighted by atomic mass is 9.96. The summed E-state index contributed by atoms with van der Waals surface area (Å²) < 4.78 is 12.2. The normalized spacial score (nSPS) is 11.6. The zero-order chi connectivity index (χ0) is 36.3. The van der Waals surface area contributed by atoms with E-state index in [0.717, 1.165) is 55.8 Å². The van der Waals surface area contributed by atoms with E-state index in [9.17, 15) is 0 Å². The molecular weight excluding hydrogens is 675 g/mol. The van der Waals surface area contributed by atoms with Gasteiger partial charge in [-0.15, -0.1) is 0 Å². The molecule has 0 saturated heterocycles. The van der Waals surface area contributed by atoms with Gasteiger partial charge in [-0.25, -0.2) is 9.97 Å². The Labute approximate surface area is 316 Å². The van der Waals surface area contributed by atoms with Gasteiger partial charge in [-0.3, -0.25) is 0 Å². The maximum Gasteiger partial charge on any atom is 0.227 e. The Kier molecular flexibility index (Phi) is 7.10. The summed E-state index contributed by atoms with van der Waals surface area (Å²) in [5.74, 6) is 1.20. The topological polar surface area (TPSA) is 55.3 Å².